The van der Waals surface area contributed by atoms with Crippen LogP contribution in [0, 0.1) is 0 Å². The molecule has 0 aliphatic rings. The van der Waals surface area contributed by atoms with Crippen LogP contribution in [0.25, 0.3) is 6.08 Å². The van der Waals surface area contributed by atoms with E-state index in [1.165, 1.54) is 11.3 Å². The van der Waals surface area contributed by atoms with Crippen molar-refractivity contribution in [1.82, 2.24) is 10.6 Å². The zero-order chi connectivity index (χ0) is 18.4. The number of carbonyl (C=O) groups excluding carboxylic acids is 2. The average molecular weight is 358 g/mol. The summed E-state index contributed by atoms with van der Waals surface area (Å²) in [7, 11) is 1.56. The molecule has 2 amide bonds. The average Bonchev–Trinajstić information content (AvgIpc) is 3.05. The number of hydrogen-bond donors (Lipinski definition) is 2. The molecule has 1 heterocycles. The molecule has 0 aliphatic heterocycles. The summed E-state index contributed by atoms with van der Waals surface area (Å²) in [5, 5.41) is 7.49. The molecule has 0 fully saturated rings. The minimum absolute atomic E-state index is 0.207. The molecule has 2 N–H and O–H groups in total. The summed E-state index contributed by atoms with van der Waals surface area (Å²) < 4.78 is 5.09. The molecule has 0 atom stereocenters. The highest BCUT2D eigenvalue weighted by molar-refractivity contribution is 7.10. The highest BCUT2D eigenvalue weighted by Crippen LogP contribution is 2.15. The fraction of sp³-hybridized carbons (Fsp3) is 0.263. The van der Waals surface area contributed by atoms with Crippen molar-refractivity contribution in [3.8, 4) is 5.75 Å². The molecular formula is C19H22N2O3S. The van der Waals surface area contributed by atoms with Gasteiger partial charge in [-0.1, -0.05) is 6.07 Å². The number of hydrogen-bond acceptors (Lipinski definition) is 4. The zero-order valence-corrected chi connectivity index (χ0v) is 15.6. The number of benzene rings is 1. The van der Waals surface area contributed by atoms with Gasteiger partial charge in [0.15, 0.2) is 0 Å². The quantitative estimate of drug-likeness (QED) is 0.805. The van der Waals surface area contributed by atoms with Gasteiger partial charge in [-0.2, -0.15) is 0 Å². The second kappa shape index (κ2) is 7.98. The molecule has 0 bridgehead atoms. The van der Waals surface area contributed by atoms with E-state index in [-0.39, 0.29) is 17.5 Å². The van der Waals surface area contributed by atoms with E-state index in [1.807, 2.05) is 38.3 Å². The Kier molecular flexibility index (Phi) is 5.98. The van der Waals surface area contributed by atoms with Gasteiger partial charge in [-0.05, 0) is 62.6 Å². The van der Waals surface area contributed by atoms with Gasteiger partial charge in [0.2, 0.25) is 0 Å². The van der Waals surface area contributed by atoms with Crippen LogP contribution >= 0.6 is 11.3 Å². The summed E-state index contributed by atoms with van der Waals surface area (Å²) in [4.78, 5) is 25.9. The largest absolute Gasteiger partial charge is 0.497 e. The Morgan fingerprint density at radius 2 is 1.80 bits per heavy atom. The lowest BCUT2D eigenvalue weighted by atomic mass is 10.1. The molecule has 0 radical (unpaired) electrons. The van der Waals surface area contributed by atoms with Gasteiger partial charge in [-0.15, -0.1) is 11.3 Å². The Morgan fingerprint density at radius 1 is 1.12 bits per heavy atom. The van der Waals surface area contributed by atoms with Gasteiger partial charge in [0.25, 0.3) is 11.8 Å². The Balaban J connectivity index is 2.22. The second-order valence-corrected chi connectivity index (χ2v) is 7.44. The van der Waals surface area contributed by atoms with E-state index in [4.69, 9.17) is 4.74 Å². The lowest BCUT2D eigenvalue weighted by molar-refractivity contribution is -0.119. The van der Waals surface area contributed by atoms with E-state index >= 15 is 0 Å². The topological polar surface area (TPSA) is 67.4 Å². The van der Waals surface area contributed by atoms with Gasteiger partial charge in [-0.25, -0.2) is 0 Å². The van der Waals surface area contributed by atoms with E-state index < -0.39 is 5.54 Å². The van der Waals surface area contributed by atoms with Crippen molar-refractivity contribution in [1.29, 1.82) is 0 Å². The highest BCUT2D eigenvalue weighted by Gasteiger charge is 2.20. The van der Waals surface area contributed by atoms with Gasteiger partial charge >= 0.3 is 0 Å². The highest BCUT2D eigenvalue weighted by atomic mass is 32.1. The van der Waals surface area contributed by atoms with E-state index in [0.29, 0.717) is 11.3 Å². The van der Waals surface area contributed by atoms with E-state index in [0.717, 1.165) is 4.88 Å². The number of nitrogens with one attached hydrogen (secondary N) is 2. The summed E-state index contributed by atoms with van der Waals surface area (Å²) in [6.07, 6.45) is 1.67. The molecule has 5 nitrogen and oxygen atoms in total. The SMILES string of the molecule is COc1ccc(C(=O)N/C(=C\c2cccs2)C(=O)NC(C)(C)C)cc1. The van der Waals surface area contributed by atoms with Crippen LogP contribution in [0.15, 0.2) is 47.5 Å². The lowest BCUT2D eigenvalue weighted by Crippen LogP contribution is -2.44. The molecule has 0 spiro atoms. The van der Waals surface area contributed by atoms with Crippen LogP contribution in [0.3, 0.4) is 0 Å². The maximum Gasteiger partial charge on any atom is 0.268 e. The van der Waals surface area contributed by atoms with Crippen LogP contribution in [0.5, 0.6) is 5.75 Å². The fourth-order valence-electron chi connectivity index (χ4n) is 2.02. The summed E-state index contributed by atoms with van der Waals surface area (Å²) in [5.74, 6) is -0.0198. The molecule has 0 saturated carbocycles. The smallest absolute Gasteiger partial charge is 0.268 e. The number of amides is 2. The molecule has 6 heteroatoms. The third kappa shape index (κ3) is 5.76. The molecule has 1 aromatic carbocycles. The van der Waals surface area contributed by atoms with Crippen molar-refractivity contribution < 1.29 is 14.3 Å². The minimum Gasteiger partial charge on any atom is -0.497 e. The number of thiophene rings is 1. The maximum atomic E-state index is 12.5. The van der Waals surface area contributed by atoms with Crippen LogP contribution in [0.2, 0.25) is 0 Å². The van der Waals surface area contributed by atoms with Crippen LogP contribution in [0.4, 0.5) is 0 Å². The third-order valence-electron chi connectivity index (χ3n) is 3.16. The third-order valence-corrected chi connectivity index (χ3v) is 3.98. The molecule has 2 rings (SSSR count). The van der Waals surface area contributed by atoms with E-state index in [2.05, 4.69) is 10.6 Å². The number of rotatable bonds is 5. The molecule has 132 valence electrons. The predicted molar refractivity (Wildman–Crippen MR) is 101 cm³/mol. The maximum absolute atomic E-state index is 12.5. The summed E-state index contributed by atoms with van der Waals surface area (Å²) >= 11 is 1.49. The van der Waals surface area contributed by atoms with Crippen LogP contribution in [0.1, 0.15) is 36.0 Å². The first-order valence-electron chi connectivity index (χ1n) is 7.81. The second-order valence-electron chi connectivity index (χ2n) is 6.46. The fourth-order valence-corrected chi connectivity index (χ4v) is 2.68. The Bertz CT molecular complexity index is 757. The van der Waals surface area contributed by atoms with Crippen molar-refractivity contribution in [3.05, 3.63) is 57.9 Å². The van der Waals surface area contributed by atoms with Crippen molar-refractivity contribution in [2.45, 2.75) is 26.3 Å². The Morgan fingerprint density at radius 3 is 2.32 bits per heavy atom. The molecule has 0 aliphatic carbocycles. The zero-order valence-electron chi connectivity index (χ0n) is 14.8. The van der Waals surface area contributed by atoms with Gasteiger partial charge in [0.05, 0.1) is 7.11 Å². The Labute approximate surface area is 151 Å². The normalized spacial score (nSPS) is 11.8. The number of ether oxygens (including phenoxy) is 1. The summed E-state index contributed by atoms with van der Waals surface area (Å²) in [5.41, 5.74) is 0.246. The molecule has 25 heavy (non-hydrogen) atoms. The molecule has 0 saturated heterocycles. The Hall–Kier alpha value is -2.60. The van der Waals surface area contributed by atoms with E-state index in [1.54, 1.807) is 37.5 Å². The van der Waals surface area contributed by atoms with E-state index in [9.17, 15) is 9.59 Å². The minimum atomic E-state index is -0.406. The van der Waals surface area contributed by atoms with Crippen molar-refractivity contribution in [3.63, 3.8) is 0 Å². The standard InChI is InChI=1S/C19H22N2O3S/c1-19(2,3)21-18(23)16(12-15-6-5-11-25-15)20-17(22)13-7-9-14(24-4)10-8-13/h5-12H,1-4H3,(H,20,22)(H,21,23)/b16-12-. The first-order chi connectivity index (χ1) is 11.8. The first-order valence-corrected chi connectivity index (χ1v) is 8.69. The molecular weight excluding hydrogens is 336 g/mol. The summed E-state index contributed by atoms with van der Waals surface area (Å²) in [6.45, 7) is 5.66. The predicted octanol–water partition coefficient (Wildman–Crippen LogP) is 3.44. The monoisotopic (exact) mass is 358 g/mol. The van der Waals surface area contributed by atoms with Crippen LogP contribution < -0.4 is 15.4 Å². The van der Waals surface area contributed by atoms with Gasteiger partial charge < -0.3 is 15.4 Å². The van der Waals surface area contributed by atoms with Crippen molar-refractivity contribution in [2.75, 3.05) is 7.11 Å². The van der Waals surface area contributed by atoms with Gasteiger partial charge in [0, 0.05) is 16.0 Å². The summed E-state index contributed by atoms with van der Waals surface area (Å²) in [6, 6.07) is 10.5. The molecule has 2 aromatic rings. The van der Waals surface area contributed by atoms with Crippen LogP contribution in [-0.2, 0) is 4.79 Å². The van der Waals surface area contributed by atoms with Gasteiger partial charge in [0.1, 0.15) is 11.4 Å². The van der Waals surface area contributed by atoms with Crippen molar-refractivity contribution >= 4 is 29.2 Å². The first kappa shape index (κ1) is 18.7. The number of carbonyl (C=O) groups is 2. The van der Waals surface area contributed by atoms with Crippen LogP contribution in [-0.4, -0.2) is 24.5 Å². The molecule has 1 aromatic heterocycles. The lowest BCUT2D eigenvalue weighted by Gasteiger charge is -2.21. The van der Waals surface area contributed by atoms with Crippen molar-refractivity contribution in [2.24, 2.45) is 0 Å². The number of methoxy groups -OCH3 is 1. The van der Waals surface area contributed by atoms with Gasteiger partial charge in [-0.3, -0.25) is 9.59 Å². The molecule has 0 unspecified atom stereocenters.